The van der Waals surface area contributed by atoms with Crippen molar-refractivity contribution in [3.05, 3.63) is 0 Å². The molecule has 3 saturated carbocycles. The molecule has 8 nitrogen and oxygen atoms in total. The summed E-state index contributed by atoms with van der Waals surface area (Å²) in [6, 6.07) is 0. The zero-order valence-corrected chi connectivity index (χ0v) is 36.4. The minimum atomic E-state index is 0.0449. The fourth-order valence-corrected chi connectivity index (χ4v) is 11.4. The van der Waals surface area contributed by atoms with Crippen LogP contribution in [-0.4, -0.2) is 81.7 Å². The van der Waals surface area contributed by atoms with Crippen molar-refractivity contribution < 1.29 is 19.0 Å². The second kappa shape index (κ2) is 25.6. The van der Waals surface area contributed by atoms with Crippen LogP contribution in [0.4, 0.5) is 0 Å². The lowest BCUT2D eigenvalue weighted by Gasteiger charge is -2.61. The maximum absolute atomic E-state index is 13.9. The monoisotopic (exact) mass is 763 g/mol. The highest BCUT2D eigenvalue weighted by Crippen LogP contribution is 2.67. The van der Waals surface area contributed by atoms with Crippen LogP contribution in [0.25, 0.3) is 0 Å². The first-order valence-electron chi connectivity index (χ1n) is 23.4. The molecule has 0 aromatic rings. The average Bonchev–Trinajstić information content (AvgIpc) is 3.53. The molecule has 0 spiro atoms. The van der Waals surface area contributed by atoms with Crippen molar-refractivity contribution in [2.45, 2.75) is 195 Å². The van der Waals surface area contributed by atoms with Crippen LogP contribution in [0.1, 0.15) is 176 Å². The van der Waals surface area contributed by atoms with E-state index in [1.54, 1.807) is 0 Å². The van der Waals surface area contributed by atoms with Gasteiger partial charge in [0.2, 0.25) is 5.91 Å². The maximum atomic E-state index is 13.9. The van der Waals surface area contributed by atoms with Crippen molar-refractivity contribution >= 4 is 5.91 Å². The molecule has 3 rings (SSSR count). The van der Waals surface area contributed by atoms with Crippen LogP contribution in [0, 0.1) is 40.4 Å². The van der Waals surface area contributed by atoms with E-state index in [0.717, 1.165) is 97.1 Å². The summed E-state index contributed by atoms with van der Waals surface area (Å²) >= 11 is 0. The number of carbonyl (C=O) groups is 1. The largest absolute Gasteiger partial charge is 0.378 e. The van der Waals surface area contributed by atoms with Crippen molar-refractivity contribution in [1.29, 1.82) is 0 Å². The lowest BCUT2D eigenvalue weighted by Crippen LogP contribution is -2.60. The number of nitrogens with zero attached hydrogens (tertiary/aromatic N) is 1. The molecule has 0 aromatic carbocycles. The molecule has 0 radical (unpaired) electrons. The van der Waals surface area contributed by atoms with E-state index in [9.17, 15) is 4.79 Å². The Hall–Kier alpha value is -0.770. The first-order chi connectivity index (χ1) is 26.1. The van der Waals surface area contributed by atoms with Crippen LogP contribution in [0.3, 0.4) is 0 Å². The summed E-state index contributed by atoms with van der Waals surface area (Å²) in [5.41, 5.74) is 18.1. The Morgan fingerprint density at radius 3 is 2.00 bits per heavy atom. The number of nitrogens with two attached hydrogens (primary N) is 3. The van der Waals surface area contributed by atoms with Gasteiger partial charge in [-0.05, 0) is 145 Å². The first-order valence-corrected chi connectivity index (χ1v) is 23.4. The molecule has 0 heterocycles. The normalized spacial score (nSPS) is 30.5. The smallest absolute Gasteiger partial charge is 0.222 e. The van der Waals surface area contributed by atoms with E-state index in [4.69, 9.17) is 31.4 Å². The van der Waals surface area contributed by atoms with Gasteiger partial charge in [-0.15, -0.1) is 0 Å². The van der Waals surface area contributed by atoms with Gasteiger partial charge in [0.25, 0.3) is 0 Å². The van der Waals surface area contributed by atoms with Crippen LogP contribution >= 0.6 is 0 Å². The van der Waals surface area contributed by atoms with Crippen molar-refractivity contribution in [3.8, 4) is 0 Å². The number of unbranched alkanes of at least 4 members (excludes halogenated alkanes) is 6. The van der Waals surface area contributed by atoms with E-state index in [1.165, 1.54) is 64.2 Å². The number of carbonyl (C=O) groups excluding carboxylic acids is 1. The maximum Gasteiger partial charge on any atom is 0.222 e. The molecule has 3 aliphatic rings. The average molecular weight is 763 g/mol. The zero-order valence-electron chi connectivity index (χ0n) is 36.4. The van der Waals surface area contributed by atoms with Gasteiger partial charge >= 0.3 is 0 Å². The standard InChI is InChI=1S/C46H90N4O4/c1-7-10-12-14-30-50(31-15-13-11-8-2)43(51)22-19-36(4)38-20-21-39-44-40(35-42(46(38,39)6)54-34-18-29-49)45(5,26-24-41(44)53-33-17-28-48)25-23-37(9-3)52-32-16-27-47/h36-42,44H,7-35,47-49H2,1-6H3/t36-,37+,38-,39+,40+,41-,42+,44?,45+,46-/m1/s1. The van der Waals surface area contributed by atoms with Gasteiger partial charge in [-0.3, -0.25) is 4.79 Å². The van der Waals surface area contributed by atoms with Crippen molar-refractivity contribution in [2.24, 2.45) is 57.6 Å². The van der Waals surface area contributed by atoms with Crippen LogP contribution in [-0.2, 0) is 19.0 Å². The van der Waals surface area contributed by atoms with Crippen molar-refractivity contribution in [3.63, 3.8) is 0 Å². The molecule has 0 aliphatic heterocycles. The first kappa shape index (κ1) is 47.6. The minimum Gasteiger partial charge on any atom is -0.378 e. The molecule has 10 atom stereocenters. The fourth-order valence-electron chi connectivity index (χ4n) is 11.4. The summed E-state index contributed by atoms with van der Waals surface area (Å²) in [5.74, 6) is 2.97. The van der Waals surface area contributed by atoms with E-state index in [-0.39, 0.29) is 23.0 Å². The summed E-state index contributed by atoms with van der Waals surface area (Å²) in [4.78, 5) is 16.1. The zero-order chi connectivity index (χ0) is 39.4. The number of rotatable bonds is 30. The Morgan fingerprint density at radius 2 is 1.39 bits per heavy atom. The highest BCUT2D eigenvalue weighted by Gasteiger charge is 2.64. The third-order valence-corrected chi connectivity index (χ3v) is 14.8. The third kappa shape index (κ3) is 13.4. The number of ether oxygens (including phenoxy) is 3. The molecule has 8 heteroatoms. The fraction of sp³-hybridized carbons (Fsp3) is 0.978. The van der Waals surface area contributed by atoms with Crippen LogP contribution in [0.2, 0.25) is 0 Å². The molecule has 0 bridgehead atoms. The van der Waals surface area contributed by atoms with Gasteiger partial charge in [-0.2, -0.15) is 0 Å². The van der Waals surface area contributed by atoms with Gasteiger partial charge in [0.05, 0.1) is 18.3 Å². The highest BCUT2D eigenvalue weighted by molar-refractivity contribution is 5.76. The number of hydrogen-bond acceptors (Lipinski definition) is 7. The number of fused-ring (bicyclic) bond motifs is 3. The SMILES string of the molecule is CCCCCCN(CCCCCC)C(=O)CC[C@@H](C)[C@H]1CC[C@H]2C3[C@H](OCCCN)CC[C@](C)(CC[C@H](CC)OCCCN)[C@H]3C[C@H](OCCCN)[C@]12C. The molecule has 3 aliphatic carbocycles. The van der Waals surface area contributed by atoms with Gasteiger partial charge in [-0.25, -0.2) is 0 Å². The van der Waals surface area contributed by atoms with Crippen molar-refractivity contribution in [1.82, 2.24) is 4.90 Å². The third-order valence-electron chi connectivity index (χ3n) is 14.8. The van der Waals surface area contributed by atoms with Gasteiger partial charge < -0.3 is 36.3 Å². The molecule has 318 valence electrons. The van der Waals surface area contributed by atoms with Crippen LogP contribution in [0.5, 0.6) is 0 Å². The number of hydrogen-bond donors (Lipinski definition) is 3. The Morgan fingerprint density at radius 1 is 0.759 bits per heavy atom. The molecular formula is C46H90N4O4. The molecule has 1 amide bonds. The topological polar surface area (TPSA) is 126 Å². The minimum absolute atomic E-state index is 0.0449. The molecule has 1 unspecified atom stereocenters. The van der Waals surface area contributed by atoms with Gasteiger partial charge in [-0.1, -0.05) is 80.1 Å². The second-order valence-electron chi connectivity index (χ2n) is 18.4. The quantitative estimate of drug-likeness (QED) is 0.0623. The van der Waals surface area contributed by atoms with Crippen LogP contribution in [0.15, 0.2) is 0 Å². The lowest BCUT2D eigenvalue weighted by molar-refractivity contribution is -0.204. The molecule has 0 aromatic heterocycles. The predicted molar refractivity (Wildman–Crippen MR) is 226 cm³/mol. The molecule has 54 heavy (non-hydrogen) atoms. The summed E-state index contributed by atoms with van der Waals surface area (Å²) in [7, 11) is 0. The Balaban J connectivity index is 1.84. The van der Waals surface area contributed by atoms with E-state index in [2.05, 4.69) is 46.4 Å². The van der Waals surface area contributed by atoms with Gasteiger partial charge in [0.1, 0.15) is 0 Å². The Bertz CT molecular complexity index is 990. The highest BCUT2D eigenvalue weighted by atomic mass is 16.5. The molecule has 3 fully saturated rings. The molecule has 6 N–H and O–H groups in total. The van der Waals surface area contributed by atoms with E-state index in [0.29, 0.717) is 67.7 Å². The summed E-state index contributed by atoms with van der Waals surface area (Å²) in [5, 5.41) is 0. The van der Waals surface area contributed by atoms with Crippen molar-refractivity contribution in [2.75, 3.05) is 52.5 Å². The summed E-state index contributed by atoms with van der Waals surface area (Å²) < 4.78 is 20.2. The Labute approximate surface area is 333 Å². The van der Waals surface area contributed by atoms with E-state index >= 15 is 0 Å². The van der Waals surface area contributed by atoms with Gasteiger partial charge in [0, 0.05) is 44.7 Å². The Kier molecular flexibility index (Phi) is 22.5. The summed E-state index contributed by atoms with van der Waals surface area (Å²) in [6.45, 7) is 20.5. The van der Waals surface area contributed by atoms with Gasteiger partial charge in [0.15, 0.2) is 0 Å². The van der Waals surface area contributed by atoms with E-state index < -0.39 is 0 Å². The van der Waals surface area contributed by atoms with Crippen LogP contribution < -0.4 is 17.2 Å². The van der Waals surface area contributed by atoms with E-state index in [1.807, 2.05) is 0 Å². The predicted octanol–water partition coefficient (Wildman–Crippen LogP) is 9.25. The molecular weight excluding hydrogens is 673 g/mol. The molecule has 0 saturated heterocycles. The second-order valence-corrected chi connectivity index (χ2v) is 18.4. The number of amides is 1. The summed E-state index contributed by atoms with van der Waals surface area (Å²) in [6.07, 6.45) is 24.0. The lowest BCUT2D eigenvalue weighted by atomic mass is 9.46.